The van der Waals surface area contributed by atoms with Gasteiger partial charge >= 0.3 is 0 Å². The van der Waals surface area contributed by atoms with Gasteiger partial charge in [-0.2, -0.15) is 0 Å². The van der Waals surface area contributed by atoms with Crippen molar-refractivity contribution in [1.82, 2.24) is 9.97 Å². The molecule has 0 aliphatic heterocycles. The zero-order valence-electron chi connectivity index (χ0n) is 11.4. The number of nitrogens with zero attached hydrogens (tertiary/aromatic N) is 3. The number of nitro groups is 1. The highest BCUT2D eigenvalue weighted by Crippen LogP contribution is 2.22. The van der Waals surface area contributed by atoms with Gasteiger partial charge in [0, 0.05) is 24.1 Å². The van der Waals surface area contributed by atoms with Crippen molar-refractivity contribution < 1.29 is 9.31 Å². The van der Waals surface area contributed by atoms with Crippen molar-refractivity contribution >= 4 is 22.4 Å². The minimum atomic E-state index is -0.447. The molecule has 0 amide bonds. The van der Waals surface area contributed by atoms with Gasteiger partial charge in [-0.1, -0.05) is 18.2 Å². The van der Waals surface area contributed by atoms with E-state index in [1.54, 1.807) is 24.3 Å². The molecule has 1 aromatic heterocycles. The summed E-state index contributed by atoms with van der Waals surface area (Å²) in [5, 5.41) is 14.3. The van der Waals surface area contributed by atoms with Crippen molar-refractivity contribution in [1.29, 1.82) is 0 Å². The number of benzene rings is 2. The molecule has 7 heteroatoms. The summed E-state index contributed by atoms with van der Waals surface area (Å²) in [5.41, 5.74) is 1.15. The fraction of sp³-hybridized carbons (Fsp3) is 0.0667. The van der Waals surface area contributed by atoms with E-state index in [0.29, 0.717) is 17.7 Å². The van der Waals surface area contributed by atoms with Gasteiger partial charge in [0.1, 0.15) is 23.5 Å². The number of non-ortho nitro benzene ring substituents is 1. The molecule has 0 aliphatic rings. The van der Waals surface area contributed by atoms with Crippen LogP contribution in [0.3, 0.4) is 0 Å². The van der Waals surface area contributed by atoms with Gasteiger partial charge in [-0.25, -0.2) is 14.4 Å². The molecular formula is C15H11FN4O2. The molecule has 0 saturated carbocycles. The van der Waals surface area contributed by atoms with Crippen LogP contribution in [-0.2, 0) is 6.54 Å². The summed E-state index contributed by atoms with van der Waals surface area (Å²) in [6.45, 7) is 0.417. The third-order valence-electron chi connectivity index (χ3n) is 3.22. The first-order chi connectivity index (χ1) is 10.6. The molecule has 0 fully saturated rings. The van der Waals surface area contributed by atoms with Gasteiger partial charge in [0.15, 0.2) is 0 Å². The van der Waals surface area contributed by atoms with E-state index in [4.69, 9.17) is 0 Å². The van der Waals surface area contributed by atoms with Gasteiger partial charge in [-0.15, -0.1) is 0 Å². The molecule has 0 unspecified atom stereocenters. The van der Waals surface area contributed by atoms with E-state index < -0.39 is 10.7 Å². The monoisotopic (exact) mass is 298 g/mol. The number of nitro benzene ring substituents is 1. The molecule has 0 spiro atoms. The number of rotatable bonds is 4. The average molecular weight is 298 g/mol. The van der Waals surface area contributed by atoms with E-state index in [1.165, 1.54) is 24.5 Å². The van der Waals surface area contributed by atoms with E-state index in [9.17, 15) is 14.5 Å². The van der Waals surface area contributed by atoms with Crippen LogP contribution in [0.1, 0.15) is 5.56 Å². The summed E-state index contributed by atoms with van der Waals surface area (Å²) in [6, 6.07) is 10.9. The summed E-state index contributed by atoms with van der Waals surface area (Å²) in [7, 11) is 0. The Morgan fingerprint density at radius 2 is 1.91 bits per heavy atom. The lowest BCUT2D eigenvalue weighted by Gasteiger charge is -2.08. The number of halogens is 1. The van der Waals surface area contributed by atoms with E-state index in [0.717, 1.165) is 5.56 Å². The number of para-hydroxylation sites is 1. The van der Waals surface area contributed by atoms with Crippen LogP contribution < -0.4 is 5.32 Å². The maximum Gasteiger partial charge on any atom is 0.269 e. The largest absolute Gasteiger partial charge is 0.365 e. The fourth-order valence-corrected chi connectivity index (χ4v) is 2.11. The molecule has 0 saturated heterocycles. The van der Waals surface area contributed by atoms with Crippen LogP contribution >= 0.6 is 0 Å². The van der Waals surface area contributed by atoms with Crippen molar-refractivity contribution in [3.8, 4) is 0 Å². The SMILES string of the molecule is O=[N+]([O-])c1ccc(CNc2ncnc3c(F)cccc23)cc1. The number of fused-ring (bicyclic) bond motifs is 1. The second-order valence-electron chi connectivity index (χ2n) is 4.64. The molecular weight excluding hydrogens is 287 g/mol. The molecule has 1 N–H and O–H groups in total. The highest BCUT2D eigenvalue weighted by molar-refractivity contribution is 5.89. The van der Waals surface area contributed by atoms with Gasteiger partial charge < -0.3 is 5.32 Å². The third-order valence-corrected chi connectivity index (χ3v) is 3.22. The van der Waals surface area contributed by atoms with E-state index in [-0.39, 0.29) is 11.2 Å². The molecule has 1 heterocycles. The quantitative estimate of drug-likeness (QED) is 0.590. The van der Waals surface area contributed by atoms with Crippen LogP contribution in [0.5, 0.6) is 0 Å². The predicted molar refractivity (Wildman–Crippen MR) is 79.9 cm³/mol. The average Bonchev–Trinajstić information content (AvgIpc) is 2.54. The van der Waals surface area contributed by atoms with Crippen molar-refractivity contribution in [2.75, 3.05) is 5.32 Å². The van der Waals surface area contributed by atoms with Gasteiger partial charge in [0.25, 0.3) is 5.69 Å². The van der Waals surface area contributed by atoms with Crippen LogP contribution in [-0.4, -0.2) is 14.9 Å². The zero-order valence-corrected chi connectivity index (χ0v) is 11.4. The first kappa shape index (κ1) is 13.9. The summed E-state index contributed by atoms with van der Waals surface area (Å²) in [5.74, 6) is 0.112. The molecule has 0 atom stereocenters. The maximum absolute atomic E-state index is 13.7. The Kier molecular flexibility index (Phi) is 3.61. The molecule has 110 valence electrons. The Morgan fingerprint density at radius 1 is 1.14 bits per heavy atom. The lowest BCUT2D eigenvalue weighted by Crippen LogP contribution is -2.03. The smallest absolute Gasteiger partial charge is 0.269 e. The maximum atomic E-state index is 13.7. The minimum absolute atomic E-state index is 0.0401. The highest BCUT2D eigenvalue weighted by atomic mass is 19.1. The van der Waals surface area contributed by atoms with Crippen molar-refractivity contribution in [2.24, 2.45) is 0 Å². The molecule has 3 rings (SSSR count). The number of nitrogens with one attached hydrogen (secondary N) is 1. The van der Waals surface area contributed by atoms with E-state index in [2.05, 4.69) is 15.3 Å². The summed E-state index contributed by atoms with van der Waals surface area (Å²) in [6.07, 6.45) is 1.30. The Balaban J connectivity index is 1.82. The Morgan fingerprint density at radius 3 is 2.64 bits per heavy atom. The van der Waals surface area contributed by atoms with Gasteiger partial charge in [-0.3, -0.25) is 10.1 Å². The second kappa shape index (κ2) is 5.72. The lowest BCUT2D eigenvalue weighted by atomic mass is 10.2. The van der Waals surface area contributed by atoms with Gasteiger partial charge in [-0.05, 0) is 17.7 Å². The number of hydrogen-bond donors (Lipinski definition) is 1. The lowest BCUT2D eigenvalue weighted by molar-refractivity contribution is -0.384. The number of anilines is 1. The zero-order chi connectivity index (χ0) is 15.5. The molecule has 6 nitrogen and oxygen atoms in total. The Bertz CT molecular complexity index is 837. The van der Waals surface area contributed by atoms with Crippen LogP contribution in [0, 0.1) is 15.9 Å². The molecule has 2 aromatic carbocycles. The van der Waals surface area contributed by atoms with E-state index >= 15 is 0 Å². The van der Waals surface area contributed by atoms with Crippen LogP contribution in [0.15, 0.2) is 48.8 Å². The Labute approximate surface area is 124 Å². The minimum Gasteiger partial charge on any atom is -0.365 e. The van der Waals surface area contributed by atoms with Crippen molar-refractivity contribution in [2.45, 2.75) is 6.54 Å². The van der Waals surface area contributed by atoms with E-state index in [1.807, 2.05) is 0 Å². The standard InChI is InChI=1S/C15H11FN4O2/c16-13-3-1-2-12-14(13)18-9-19-15(12)17-8-10-4-6-11(7-5-10)20(21)22/h1-7,9H,8H2,(H,17,18,19). The predicted octanol–water partition coefficient (Wildman–Crippen LogP) is 3.29. The molecule has 0 bridgehead atoms. The first-order valence-electron chi connectivity index (χ1n) is 6.51. The molecule has 0 aliphatic carbocycles. The number of aromatic nitrogens is 2. The first-order valence-corrected chi connectivity index (χ1v) is 6.51. The second-order valence-corrected chi connectivity index (χ2v) is 4.64. The normalized spacial score (nSPS) is 10.6. The number of hydrogen-bond acceptors (Lipinski definition) is 5. The highest BCUT2D eigenvalue weighted by Gasteiger charge is 2.08. The fourth-order valence-electron chi connectivity index (χ4n) is 2.11. The van der Waals surface area contributed by atoms with Gasteiger partial charge in [0.2, 0.25) is 0 Å². The topological polar surface area (TPSA) is 81.0 Å². The summed E-state index contributed by atoms with van der Waals surface area (Å²) in [4.78, 5) is 18.2. The molecule has 0 radical (unpaired) electrons. The van der Waals surface area contributed by atoms with Crippen LogP contribution in [0.2, 0.25) is 0 Å². The molecule has 3 aromatic rings. The molecule has 22 heavy (non-hydrogen) atoms. The van der Waals surface area contributed by atoms with Crippen molar-refractivity contribution in [3.63, 3.8) is 0 Å². The van der Waals surface area contributed by atoms with Crippen LogP contribution in [0.25, 0.3) is 10.9 Å². The van der Waals surface area contributed by atoms with Crippen LogP contribution in [0.4, 0.5) is 15.9 Å². The Hall–Kier alpha value is -3.09. The third kappa shape index (κ3) is 2.69. The van der Waals surface area contributed by atoms with Crippen molar-refractivity contribution in [3.05, 3.63) is 70.3 Å². The summed E-state index contributed by atoms with van der Waals surface area (Å²) < 4.78 is 13.7. The summed E-state index contributed by atoms with van der Waals surface area (Å²) >= 11 is 0. The van der Waals surface area contributed by atoms with Gasteiger partial charge in [0.05, 0.1) is 4.92 Å².